The normalized spacial score (nSPS) is 13.4. The van der Waals surface area contributed by atoms with Crippen molar-refractivity contribution in [3.8, 4) is 0 Å². The summed E-state index contributed by atoms with van der Waals surface area (Å²) in [6, 6.07) is 11.3. The Morgan fingerprint density at radius 2 is 1.97 bits per heavy atom. The first-order chi connectivity index (χ1) is 14.5. The average Bonchev–Trinajstić information content (AvgIpc) is 3.34. The van der Waals surface area contributed by atoms with Crippen molar-refractivity contribution in [3.63, 3.8) is 0 Å². The number of fused-ring (bicyclic) bond motifs is 1. The maximum Gasteiger partial charge on any atom is 0.346 e. The van der Waals surface area contributed by atoms with Crippen molar-refractivity contribution < 1.29 is 13.6 Å². The summed E-state index contributed by atoms with van der Waals surface area (Å²) >= 11 is 1.41. The summed E-state index contributed by atoms with van der Waals surface area (Å²) in [7, 11) is 0. The summed E-state index contributed by atoms with van der Waals surface area (Å²) in [6.07, 6.45) is 0.201. The second-order valence-corrected chi connectivity index (χ2v) is 8.02. The lowest BCUT2D eigenvalue weighted by Crippen LogP contribution is -2.37. The molecule has 0 saturated carbocycles. The van der Waals surface area contributed by atoms with Gasteiger partial charge in [0.1, 0.15) is 6.33 Å². The van der Waals surface area contributed by atoms with Crippen LogP contribution in [0, 0.1) is 0 Å². The van der Waals surface area contributed by atoms with Crippen LogP contribution in [-0.4, -0.2) is 33.3 Å². The smallest absolute Gasteiger partial charge is 0.327 e. The number of nitrogens with two attached hydrogens (primary N) is 1. The number of hydrogen-bond donors (Lipinski definition) is 1. The van der Waals surface area contributed by atoms with Crippen molar-refractivity contribution in [2.45, 2.75) is 19.5 Å². The second-order valence-electron chi connectivity index (χ2n) is 6.87. The van der Waals surface area contributed by atoms with Gasteiger partial charge in [-0.2, -0.15) is 13.9 Å². The van der Waals surface area contributed by atoms with Crippen molar-refractivity contribution in [2.75, 3.05) is 18.0 Å². The van der Waals surface area contributed by atoms with E-state index >= 15 is 0 Å². The van der Waals surface area contributed by atoms with Crippen LogP contribution in [-0.2, 0) is 19.5 Å². The molecule has 0 atom stereocenters. The highest BCUT2D eigenvalue weighted by Crippen LogP contribution is 2.31. The number of rotatable bonds is 6. The van der Waals surface area contributed by atoms with Gasteiger partial charge in [0.25, 0.3) is 12.0 Å². The molecule has 4 rings (SSSR count). The van der Waals surface area contributed by atoms with Crippen LogP contribution in [0.5, 0.6) is 0 Å². The lowest BCUT2D eigenvalue weighted by molar-refractivity contribution is 0.0981. The Hall–Kier alpha value is -3.11. The monoisotopic (exact) mass is 431 g/mol. The Morgan fingerprint density at radius 3 is 2.73 bits per heavy atom. The van der Waals surface area contributed by atoms with Crippen LogP contribution in [0.3, 0.4) is 0 Å². The van der Waals surface area contributed by atoms with Gasteiger partial charge in [0.15, 0.2) is 0 Å². The van der Waals surface area contributed by atoms with E-state index in [0.29, 0.717) is 12.1 Å². The van der Waals surface area contributed by atoms with Crippen LogP contribution in [0.15, 0.2) is 59.2 Å². The van der Waals surface area contributed by atoms with E-state index in [1.807, 2.05) is 36.4 Å². The zero-order valence-corrected chi connectivity index (χ0v) is 16.7. The Balaban J connectivity index is 1.51. The summed E-state index contributed by atoms with van der Waals surface area (Å²) in [5.74, 6) is -0.0374. The van der Waals surface area contributed by atoms with Crippen molar-refractivity contribution >= 4 is 22.2 Å². The molecule has 0 spiro atoms. The molecular formula is C20H19F2N5O2S. The SMILES string of the molecule is NCC(Cn1ncn(Cc2ccc(N3CCc4ccccc4C3=O)s2)c1=O)=C(F)F. The van der Waals surface area contributed by atoms with Gasteiger partial charge in [-0.25, -0.2) is 9.48 Å². The van der Waals surface area contributed by atoms with Gasteiger partial charge in [0, 0.05) is 29.1 Å². The number of hydrogen-bond acceptors (Lipinski definition) is 5. The number of carbonyl (C=O) groups excluding carboxylic acids is 1. The summed E-state index contributed by atoms with van der Waals surface area (Å²) in [5, 5.41) is 4.70. The molecule has 2 aromatic heterocycles. The van der Waals surface area contributed by atoms with Gasteiger partial charge in [-0.05, 0) is 30.2 Å². The van der Waals surface area contributed by atoms with Gasteiger partial charge in [-0.3, -0.25) is 14.3 Å². The molecule has 0 radical (unpaired) electrons. The highest BCUT2D eigenvalue weighted by atomic mass is 32.1. The fourth-order valence-corrected chi connectivity index (χ4v) is 4.40. The first-order valence-electron chi connectivity index (χ1n) is 9.31. The van der Waals surface area contributed by atoms with Crippen LogP contribution in [0.1, 0.15) is 20.8 Å². The summed E-state index contributed by atoms with van der Waals surface area (Å²) in [6.45, 7) is 0.142. The lowest BCUT2D eigenvalue weighted by Gasteiger charge is -2.27. The van der Waals surface area contributed by atoms with Crippen LogP contribution in [0.2, 0.25) is 0 Å². The zero-order valence-electron chi connectivity index (χ0n) is 15.9. The van der Waals surface area contributed by atoms with Crippen LogP contribution in [0.4, 0.5) is 13.8 Å². The average molecular weight is 431 g/mol. The number of amides is 1. The first-order valence-corrected chi connectivity index (χ1v) is 10.1. The molecule has 0 fully saturated rings. The molecule has 156 valence electrons. The van der Waals surface area contributed by atoms with Crippen molar-refractivity contribution in [1.29, 1.82) is 0 Å². The predicted molar refractivity (Wildman–Crippen MR) is 110 cm³/mol. The zero-order chi connectivity index (χ0) is 21.3. The van der Waals surface area contributed by atoms with Crippen molar-refractivity contribution in [3.05, 3.63) is 80.9 Å². The van der Waals surface area contributed by atoms with E-state index in [0.717, 1.165) is 26.5 Å². The minimum absolute atomic E-state index is 0.0374. The van der Waals surface area contributed by atoms with Gasteiger partial charge in [-0.15, -0.1) is 11.3 Å². The van der Waals surface area contributed by atoms with Crippen LogP contribution < -0.4 is 16.3 Å². The molecule has 1 amide bonds. The molecule has 1 aliphatic rings. The summed E-state index contributed by atoms with van der Waals surface area (Å²) < 4.78 is 27.9. The third-order valence-electron chi connectivity index (χ3n) is 4.99. The Bertz CT molecular complexity index is 1180. The molecular weight excluding hydrogens is 412 g/mol. The Morgan fingerprint density at radius 1 is 1.17 bits per heavy atom. The van der Waals surface area contributed by atoms with Crippen molar-refractivity contribution in [2.24, 2.45) is 5.73 Å². The van der Waals surface area contributed by atoms with Gasteiger partial charge in [-0.1, -0.05) is 18.2 Å². The fourth-order valence-electron chi connectivity index (χ4n) is 3.37. The lowest BCUT2D eigenvalue weighted by atomic mass is 9.99. The minimum atomic E-state index is -1.89. The minimum Gasteiger partial charge on any atom is -0.327 e. The number of aromatic nitrogens is 3. The third kappa shape index (κ3) is 3.83. The van der Waals surface area contributed by atoms with Gasteiger partial charge >= 0.3 is 5.69 Å². The number of nitrogens with zero attached hydrogens (tertiary/aromatic N) is 4. The molecule has 30 heavy (non-hydrogen) atoms. The first kappa shape index (κ1) is 20.2. The highest BCUT2D eigenvalue weighted by Gasteiger charge is 2.26. The van der Waals surface area contributed by atoms with E-state index in [-0.39, 0.29) is 31.1 Å². The van der Waals surface area contributed by atoms with E-state index < -0.39 is 11.8 Å². The van der Waals surface area contributed by atoms with E-state index in [4.69, 9.17) is 5.73 Å². The molecule has 1 aromatic carbocycles. The number of benzene rings is 1. The Kier molecular flexibility index (Phi) is 5.60. The molecule has 2 N–H and O–H groups in total. The largest absolute Gasteiger partial charge is 0.346 e. The highest BCUT2D eigenvalue weighted by molar-refractivity contribution is 7.16. The standard InChI is InChI=1S/C20H19F2N5O2S/c21-18(22)14(9-23)10-27-20(29)25(12-24-27)11-15-5-6-17(30-15)26-8-7-13-3-1-2-4-16(13)19(26)28/h1-6,12H,7-11,23H2. The van der Waals surface area contributed by atoms with E-state index in [9.17, 15) is 18.4 Å². The number of halogens is 2. The third-order valence-corrected chi connectivity index (χ3v) is 6.08. The molecule has 3 aromatic rings. The maximum atomic E-state index is 12.8. The van der Waals surface area contributed by atoms with E-state index in [2.05, 4.69) is 5.10 Å². The molecule has 3 heterocycles. The van der Waals surface area contributed by atoms with Crippen LogP contribution >= 0.6 is 11.3 Å². The summed E-state index contributed by atoms with van der Waals surface area (Å²) in [5.41, 5.74) is 6.22. The molecule has 10 heteroatoms. The number of carbonyl (C=O) groups is 1. The molecule has 0 aliphatic carbocycles. The maximum absolute atomic E-state index is 12.8. The van der Waals surface area contributed by atoms with E-state index in [1.165, 1.54) is 22.2 Å². The second kappa shape index (κ2) is 8.33. The molecule has 0 unspecified atom stereocenters. The molecule has 1 aliphatic heterocycles. The van der Waals surface area contributed by atoms with Gasteiger partial charge < -0.3 is 5.73 Å². The Labute approximate surface area is 174 Å². The van der Waals surface area contributed by atoms with E-state index in [1.54, 1.807) is 4.90 Å². The van der Waals surface area contributed by atoms with Crippen LogP contribution in [0.25, 0.3) is 0 Å². The molecule has 0 bridgehead atoms. The predicted octanol–water partition coefficient (Wildman–Crippen LogP) is 2.47. The number of thiophene rings is 1. The number of anilines is 1. The molecule has 7 nitrogen and oxygen atoms in total. The topological polar surface area (TPSA) is 86.2 Å². The van der Waals surface area contributed by atoms with Gasteiger partial charge in [0.05, 0.1) is 18.1 Å². The molecule has 0 saturated heterocycles. The van der Waals surface area contributed by atoms with Crippen molar-refractivity contribution in [1.82, 2.24) is 14.3 Å². The quantitative estimate of drug-likeness (QED) is 0.650. The summed E-state index contributed by atoms with van der Waals surface area (Å²) in [4.78, 5) is 27.8. The fraction of sp³-hybridized carbons (Fsp3) is 0.250. The van der Waals surface area contributed by atoms with Gasteiger partial charge in [0.2, 0.25) is 0 Å².